The number of carbonyl (C=O) groups is 2. The Bertz CT molecular complexity index is 1200. The molecule has 0 unspecified atom stereocenters. The van der Waals surface area contributed by atoms with Crippen molar-refractivity contribution in [3.8, 4) is 11.5 Å². The number of anilines is 2. The van der Waals surface area contributed by atoms with Gasteiger partial charge in [-0.3, -0.25) is 4.79 Å². The minimum atomic E-state index is -0.565. The van der Waals surface area contributed by atoms with Crippen molar-refractivity contribution in [2.75, 3.05) is 37.2 Å². The summed E-state index contributed by atoms with van der Waals surface area (Å²) in [5, 5.41) is 7.63. The summed E-state index contributed by atoms with van der Waals surface area (Å²) in [6.07, 6.45) is 2.70. The summed E-state index contributed by atoms with van der Waals surface area (Å²) < 4.78 is 20.8. The zero-order valence-electron chi connectivity index (χ0n) is 17.6. The number of piperidine rings is 1. The Hall–Kier alpha value is -3.89. The number of methoxy groups -OCH3 is 1. The van der Waals surface area contributed by atoms with Gasteiger partial charge in [0.05, 0.1) is 24.1 Å². The van der Waals surface area contributed by atoms with E-state index in [0.717, 1.165) is 16.9 Å². The first-order valence-electron chi connectivity index (χ1n) is 10.2. The minimum Gasteiger partial charge on any atom is -0.465 e. The summed E-state index contributed by atoms with van der Waals surface area (Å²) in [5.41, 5.74) is 1.74. The van der Waals surface area contributed by atoms with Crippen molar-refractivity contribution < 1.29 is 28.3 Å². The van der Waals surface area contributed by atoms with E-state index in [1.54, 1.807) is 6.07 Å². The molecule has 0 saturated carbocycles. The standard InChI is InChI=1S/C21H21N5O6/c1-11-17-18(22-9-23-20(17)32-25-11)26-5-3-12(4-6-26)19(27)24-14-8-16-15(30-10-31-16)7-13(14)21(28)29-2/h7-9,12H,3-6,10H2,1-2H3,(H,24,27). The number of hydrogen-bond acceptors (Lipinski definition) is 10. The van der Waals surface area contributed by atoms with E-state index in [-0.39, 0.29) is 24.2 Å². The number of aromatic nitrogens is 3. The molecule has 1 saturated heterocycles. The first-order chi connectivity index (χ1) is 15.5. The average molecular weight is 439 g/mol. The molecule has 32 heavy (non-hydrogen) atoms. The SMILES string of the molecule is COC(=O)c1cc2c(cc1NC(=O)C1CCN(c3ncnc4onc(C)c34)CC1)OCO2. The van der Waals surface area contributed by atoms with Crippen LogP contribution in [0.3, 0.4) is 0 Å². The van der Waals surface area contributed by atoms with Gasteiger partial charge in [0, 0.05) is 31.1 Å². The summed E-state index contributed by atoms with van der Waals surface area (Å²) in [7, 11) is 1.29. The zero-order chi connectivity index (χ0) is 22.2. The van der Waals surface area contributed by atoms with Crippen LogP contribution in [0.1, 0.15) is 28.9 Å². The number of rotatable bonds is 4. The predicted octanol–water partition coefficient (Wildman–Crippen LogP) is 2.30. The molecule has 0 aliphatic carbocycles. The van der Waals surface area contributed by atoms with Crippen molar-refractivity contribution in [1.82, 2.24) is 15.1 Å². The van der Waals surface area contributed by atoms with Gasteiger partial charge in [0.15, 0.2) is 11.5 Å². The molecule has 2 aromatic heterocycles. The summed E-state index contributed by atoms with van der Waals surface area (Å²) in [4.78, 5) is 35.8. The highest BCUT2D eigenvalue weighted by molar-refractivity contribution is 6.03. The second-order valence-corrected chi connectivity index (χ2v) is 7.64. The first kappa shape index (κ1) is 20.0. The molecule has 1 fully saturated rings. The zero-order valence-corrected chi connectivity index (χ0v) is 17.6. The lowest BCUT2D eigenvalue weighted by molar-refractivity contribution is -0.120. The van der Waals surface area contributed by atoms with Crippen LogP contribution in [0.2, 0.25) is 0 Å². The number of fused-ring (bicyclic) bond motifs is 2. The molecule has 166 valence electrons. The maximum absolute atomic E-state index is 13.0. The number of amides is 1. The highest BCUT2D eigenvalue weighted by Crippen LogP contribution is 2.38. The summed E-state index contributed by atoms with van der Waals surface area (Å²) in [6, 6.07) is 3.11. The number of carbonyl (C=O) groups excluding carboxylic acids is 2. The van der Waals surface area contributed by atoms with Gasteiger partial charge >= 0.3 is 5.97 Å². The maximum atomic E-state index is 13.0. The van der Waals surface area contributed by atoms with Crippen LogP contribution < -0.4 is 19.7 Å². The lowest BCUT2D eigenvalue weighted by atomic mass is 9.95. The lowest BCUT2D eigenvalue weighted by Gasteiger charge is -2.32. The molecule has 2 aliphatic rings. The minimum absolute atomic E-state index is 0.0633. The Morgan fingerprint density at radius 1 is 1.16 bits per heavy atom. The molecule has 1 amide bonds. The summed E-state index contributed by atoms with van der Waals surface area (Å²) in [5.74, 6) is 0.726. The number of benzene rings is 1. The average Bonchev–Trinajstić information content (AvgIpc) is 3.44. The van der Waals surface area contributed by atoms with E-state index in [0.29, 0.717) is 48.8 Å². The second-order valence-electron chi connectivity index (χ2n) is 7.64. The molecule has 3 aromatic rings. The molecule has 0 atom stereocenters. The molecule has 2 aliphatic heterocycles. The summed E-state index contributed by atoms with van der Waals surface area (Å²) >= 11 is 0. The fraction of sp³-hybridized carbons (Fsp3) is 0.381. The Morgan fingerprint density at radius 2 is 1.91 bits per heavy atom. The Morgan fingerprint density at radius 3 is 2.66 bits per heavy atom. The molecule has 0 bridgehead atoms. The van der Waals surface area contributed by atoms with E-state index in [2.05, 4.69) is 25.3 Å². The van der Waals surface area contributed by atoms with Gasteiger partial charge in [-0.2, -0.15) is 4.98 Å². The number of esters is 1. The molecular formula is C21H21N5O6. The van der Waals surface area contributed by atoms with E-state index >= 15 is 0 Å². The maximum Gasteiger partial charge on any atom is 0.340 e. The number of nitrogens with one attached hydrogen (secondary N) is 1. The van der Waals surface area contributed by atoms with Gasteiger partial charge in [0.1, 0.15) is 17.5 Å². The Balaban J connectivity index is 1.30. The topological polar surface area (TPSA) is 129 Å². The van der Waals surface area contributed by atoms with Crippen molar-refractivity contribution in [3.63, 3.8) is 0 Å². The fourth-order valence-corrected chi connectivity index (χ4v) is 4.06. The molecule has 1 aromatic carbocycles. The van der Waals surface area contributed by atoms with Gasteiger partial charge in [-0.15, -0.1) is 0 Å². The van der Waals surface area contributed by atoms with Crippen LogP contribution in [-0.2, 0) is 9.53 Å². The van der Waals surface area contributed by atoms with Crippen molar-refractivity contribution in [2.45, 2.75) is 19.8 Å². The van der Waals surface area contributed by atoms with E-state index in [9.17, 15) is 9.59 Å². The molecule has 0 spiro atoms. The van der Waals surface area contributed by atoms with Gasteiger partial charge in [-0.25, -0.2) is 9.78 Å². The van der Waals surface area contributed by atoms with Crippen molar-refractivity contribution >= 4 is 34.5 Å². The fourth-order valence-electron chi connectivity index (χ4n) is 4.06. The van der Waals surface area contributed by atoms with E-state index in [1.807, 2.05) is 6.92 Å². The normalized spacial score (nSPS) is 15.8. The Kier molecular flexibility index (Phi) is 5.00. The largest absolute Gasteiger partial charge is 0.465 e. The molecule has 4 heterocycles. The third kappa shape index (κ3) is 3.45. The van der Waals surface area contributed by atoms with Crippen molar-refractivity contribution in [3.05, 3.63) is 29.7 Å². The van der Waals surface area contributed by atoms with Gasteiger partial charge in [-0.05, 0) is 19.8 Å². The van der Waals surface area contributed by atoms with Crippen LogP contribution in [0.25, 0.3) is 11.1 Å². The number of hydrogen-bond donors (Lipinski definition) is 1. The van der Waals surface area contributed by atoms with Gasteiger partial charge < -0.3 is 29.0 Å². The highest BCUT2D eigenvalue weighted by atomic mass is 16.7. The molecule has 11 nitrogen and oxygen atoms in total. The number of aryl methyl sites for hydroxylation is 1. The summed E-state index contributed by atoms with van der Waals surface area (Å²) in [6.45, 7) is 3.19. The van der Waals surface area contributed by atoms with Crippen LogP contribution >= 0.6 is 0 Å². The van der Waals surface area contributed by atoms with E-state index in [1.165, 1.54) is 19.5 Å². The number of ether oxygens (including phenoxy) is 3. The van der Waals surface area contributed by atoms with E-state index < -0.39 is 5.97 Å². The Labute approximate surface area is 182 Å². The first-order valence-corrected chi connectivity index (χ1v) is 10.2. The molecule has 0 radical (unpaired) electrons. The third-order valence-electron chi connectivity index (χ3n) is 5.76. The monoisotopic (exact) mass is 439 g/mol. The van der Waals surface area contributed by atoms with Crippen LogP contribution in [-0.4, -0.2) is 54.0 Å². The van der Waals surface area contributed by atoms with Gasteiger partial charge in [0.25, 0.3) is 5.71 Å². The molecule has 11 heteroatoms. The van der Waals surface area contributed by atoms with Gasteiger partial charge in [0.2, 0.25) is 12.7 Å². The molecule has 1 N–H and O–H groups in total. The van der Waals surface area contributed by atoms with Crippen LogP contribution in [0, 0.1) is 12.8 Å². The quantitative estimate of drug-likeness (QED) is 0.605. The molecule has 5 rings (SSSR count). The highest BCUT2D eigenvalue weighted by Gasteiger charge is 2.29. The van der Waals surface area contributed by atoms with Crippen LogP contribution in [0.15, 0.2) is 23.0 Å². The van der Waals surface area contributed by atoms with Crippen LogP contribution in [0.4, 0.5) is 11.5 Å². The second kappa shape index (κ2) is 7.98. The smallest absolute Gasteiger partial charge is 0.340 e. The van der Waals surface area contributed by atoms with Crippen molar-refractivity contribution in [1.29, 1.82) is 0 Å². The lowest BCUT2D eigenvalue weighted by Crippen LogP contribution is -2.38. The predicted molar refractivity (Wildman–Crippen MR) is 112 cm³/mol. The molecular weight excluding hydrogens is 418 g/mol. The number of nitrogens with zero attached hydrogens (tertiary/aromatic N) is 4. The van der Waals surface area contributed by atoms with Crippen LogP contribution in [0.5, 0.6) is 11.5 Å². The van der Waals surface area contributed by atoms with Crippen molar-refractivity contribution in [2.24, 2.45) is 5.92 Å². The van der Waals surface area contributed by atoms with Gasteiger partial charge in [-0.1, -0.05) is 5.16 Å². The van der Waals surface area contributed by atoms with E-state index in [4.69, 9.17) is 18.7 Å². The third-order valence-corrected chi connectivity index (χ3v) is 5.76.